The van der Waals surface area contributed by atoms with E-state index in [0.29, 0.717) is 19.0 Å². The van der Waals surface area contributed by atoms with Gasteiger partial charge in [-0.2, -0.15) is 0 Å². The summed E-state index contributed by atoms with van der Waals surface area (Å²) in [5, 5.41) is 6.40. The number of nitrogens with zero attached hydrogens (tertiary/aromatic N) is 2. The van der Waals surface area contributed by atoms with Crippen LogP contribution in [0.5, 0.6) is 0 Å². The number of pyridine rings is 1. The first-order valence-corrected chi connectivity index (χ1v) is 9.48. The van der Waals surface area contributed by atoms with Gasteiger partial charge in [0.05, 0.1) is 23.7 Å². The molecule has 0 fully saturated rings. The van der Waals surface area contributed by atoms with Gasteiger partial charge in [0, 0.05) is 12.7 Å². The van der Waals surface area contributed by atoms with Crippen molar-refractivity contribution in [3.63, 3.8) is 0 Å². The van der Waals surface area contributed by atoms with E-state index in [-0.39, 0.29) is 4.90 Å². The van der Waals surface area contributed by atoms with Gasteiger partial charge in [-0.15, -0.1) is 0 Å². The summed E-state index contributed by atoms with van der Waals surface area (Å²) in [4.78, 5) is 9.01. The molecule has 0 saturated heterocycles. The molecule has 7 nitrogen and oxygen atoms in total. The van der Waals surface area contributed by atoms with Crippen molar-refractivity contribution in [1.29, 1.82) is 0 Å². The lowest BCUT2D eigenvalue weighted by Gasteiger charge is -2.11. The van der Waals surface area contributed by atoms with E-state index in [2.05, 4.69) is 25.3 Å². The molecular weight excluding hydrogens is 338 g/mol. The average molecular weight is 361 g/mol. The van der Waals surface area contributed by atoms with E-state index in [1.165, 1.54) is 7.05 Å². The quantitative estimate of drug-likeness (QED) is 0.509. The van der Waals surface area contributed by atoms with Gasteiger partial charge in [0.15, 0.2) is 5.96 Å². The summed E-state index contributed by atoms with van der Waals surface area (Å²) in [6.45, 7) is 3.76. The Kier molecular flexibility index (Phi) is 6.91. The monoisotopic (exact) mass is 361 g/mol. The third kappa shape index (κ3) is 5.84. The molecule has 0 radical (unpaired) electrons. The SMILES string of the molecule is CCNC(=NCc1ccc(S(=O)(=O)NC)cc1)NCc1ccccn1. The van der Waals surface area contributed by atoms with E-state index < -0.39 is 10.0 Å². The highest BCUT2D eigenvalue weighted by atomic mass is 32.2. The van der Waals surface area contributed by atoms with E-state index in [9.17, 15) is 8.42 Å². The first kappa shape index (κ1) is 18.9. The normalized spacial score (nSPS) is 12.0. The number of nitrogens with one attached hydrogen (secondary N) is 3. The summed E-state index contributed by atoms with van der Waals surface area (Å²) in [7, 11) is -2.02. The van der Waals surface area contributed by atoms with Gasteiger partial charge in [0.2, 0.25) is 10.0 Å². The molecule has 0 aliphatic heterocycles. The Morgan fingerprint density at radius 1 is 1.12 bits per heavy atom. The third-order valence-corrected chi connectivity index (χ3v) is 4.86. The Balaban J connectivity index is 2.00. The van der Waals surface area contributed by atoms with Crippen LogP contribution in [0.3, 0.4) is 0 Å². The molecule has 134 valence electrons. The minimum absolute atomic E-state index is 0.239. The number of rotatable bonds is 7. The molecule has 0 aliphatic carbocycles. The van der Waals surface area contributed by atoms with Crippen molar-refractivity contribution < 1.29 is 8.42 Å². The number of sulfonamides is 1. The lowest BCUT2D eigenvalue weighted by molar-refractivity contribution is 0.588. The van der Waals surface area contributed by atoms with Crippen molar-refractivity contribution in [2.75, 3.05) is 13.6 Å². The van der Waals surface area contributed by atoms with Crippen LogP contribution in [0.25, 0.3) is 0 Å². The molecule has 1 heterocycles. The molecule has 2 rings (SSSR count). The molecule has 25 heavy (non-hydrogen) atoms. The highest BCUT2D eigenvalue weighted by Crippen LogP contribution is 2.10. The van der Waals surface area contributed by atoms with Crippen molar-refractivity contribution in [2.45, 2.75) is 24.9 Å². The van der Waals surface area contributed by atoms with Crippen molar-refractivity contribution in [3.05, 3.63) is 59.9 Å². The summed E-state index contributed by atoms with van der Waals surface area (Å²) < 4.78 is 25.7. The number of hydrogen-bond acceptors (Lipinski definition) is 4. The van der Waals surface area contributed by atoms with Crippen LogP contribution < -0.4 is 15.4 Å². The van der Waals surface area contributed by atoms with E-state index >= 15 is 0 Å². The van der Waals surface area contributed by atoms with Gasteiger partial charge in [-0.3, -0.25) is 4.98 Å². The molecule has 1 aromatic heterocycles. The third-order valence-electron chi connectivity index (χ3n) is 3.43. The first-order chi connectivity index (χ1) is 12.0. The Labute approximate surface area is 148 Å². The summed E-state index contributed by atoms with van der Waals surface area (Å²) in [6, 6.07) is 12.4. The van der Waals surface area contributed by atoms with Gasteiger partial charge < -0.3 is 10.6 Å². The van der Waals surface area contributed by atoms with Crippen LogP contribution in [0.1, 0.15) is 18.2 Å². The minimum atomic E-state index is -3.41. The number of aliphatic imine (C=N–C) groups is 1. The Bertz CT molecular complexity index is 790. The van der Waals surface area contributed by atoms with Crippen molar-refractivity contribution in [2.24, 2.45) is 4.99 Å². The Morgan fingerprint density at radius 3 is 2.48 bits per heavy atom. The maximum atomic E-state index is 11.7. The number of guanidine groups is 1. The van der Waals surface area contributed by atoms with E-state index in [4.69, 9.17) is 0 Å². The van der Waals surface area contributed by atoms with Gasteiger partial charge in [0.25, 0.3) is 0 Å². The van der Waals surface area contributed by atoms with Crippen LogP contribution in [0.4, 0.5) is 0 Å². The number of benzene rings is 1. The van der Waals surface area contributed by atoms with Crippen molar-refractivity contribution in [3.8, 4) is 0 Å². The van der Waals surface area contributed by atoms with Gasteiger partial charge in [0.1, 0.15) is 0 Å². The largest absolute Gasteiger partial charge is 0.357 e. The second-order valence-corrected chi connectivity index (χ2v) is 7.11. The maximum absolute atomic E-state index is 11.7. The smallest absolute Gasteiger partial charge is 0.240 e. The maximum Gasteiger partial charge on any atom is 0.240 e. The molecule has 1 aromatic carbocycles. The van der Waals surface area contributed by atoms with Crippen LogP contribution in [-0.2, 0) is 23.1 Å². The van der Waals surface area contributed by atoms with Gasteiger partial charge >= 0.3 is 0 Å². The zero-order valence-corrected chi connectivity index (χ0v) is 15.2. The molecule has 0 unspecified atom stereocenters. The number of hydrogen-bond donors (Lipinski definition) is 3. The standard InChI is InChI=1S/C17H23N5O2S/c1-3-19-17(22-13-15-6-4-5-11-20-15)21-12-14-7-9-16(10-8-14)25(23,24)18-2/h4-11,18H,3,12-13H2,1-2H3,(H2,19,21,22). The van der Waals surface area contributed by atoms with Crippen LogP contribution in [-0.4, -0.2) is 33.0 Å². The fourth-order valence-corrected chi connectivity index (χ4v) is 2.81. The van der Waals surface area contributed by atoms with Crippen LogP contribution in [0.2, 0.25) is 0 Å². The lowest BCUT2D eigenvalue weighted by atomic mass is 10.2. The summed E-state index contributed by atoms with van der Waals surface area (Å²) in [5.41, 5.74) is 1.85. The average Bonchev–Trinajstić information content (AvgIpc) is 2.65. The second kappa shape index (κ2) is 9.14. The Morgan fingerprint density at radius 2 is 1.88 bits per heavy atom. The highest BCUT2D eigenvalue weighted by molar-refractivity contribution is 7.89. The summed E-state index contributed by atoms with van der Waals surface area (Å²) in [5.74, 6) is 0.681. The molecule has 0 spiro atoms. The predicted octanol–water partition coefficient (Wildman–Crippen LogP) is 1.24. The Hall–Kier alpha value is -2.45. The first-order valence-electron chi connectivity index (χ1n) is 7.99. The molecule has 0 aliphatic rings. The van der Waals surface area contributed by atoms with Crippen molar-refractivity contribution in [1.82, 2.24) is 20.3 Å². The molecule has 0 amide bonds. The summed E-state index contributed by atoms with van der Waals surface area (Å²) >= 11 is 0. The molecule has 8 heteroatoms. The van der Waals surface area contributed by atoms with Crippen molar-refractivity contribution >= 4 is 16.0 Å². The summed E-state index contributed by atoms with van der Waals surface area (Å²) in [6.07, 6.45) is 1.75. The molecule has 3 N–H and O–H groups in total. The van der Waals surface area contributed by atoms with E-state index in [1.54, 1.807) is 30.5 Å². The zero-order valence-electron chi connectivity index (χ0n) is 14.4. The van der Waals surface area contributed by atoms with E-state index in [1.807, 2.05) is 25.1 Å². The highest BCUT2D eigenvalue weighted by Gasteiger charge is 2.10. The van der Waals surface area contributed by atoms with Crippen LogP contribution >= 0.6 is 0 Å². The predicted molar refractivity (Wildman–Crippen MR) is 98.6 cm³/mol. The van der Waals surface area contributed by atoms with Crippen LogP contribution in [0.15, 0.2) is 58.5 Å². The topological polar surface area (TPSA) is 95.5 Å². The van der Waals surface area contributed by atoms with E-state index in [0.717, 1.165) is 17.8 Å². The van der Waals surface area contributed by atoms with Gasteiger partial charge in [-0.25, -0.2) is 18.1 Å². The second-order valence-electron chi connectivity index (χ2n) is 5.22. The molecule has 0 bridgehead atoms. The molecule has 2 aromatic rings. The van der Waals surface area contributed by atoms with Gasteiger partial charge in [-0.05, 0) is 43.8 Å². The van der Waals surface area contributed by atoms with Crippen LogP contribution in [0, 0.1) is 0 Å². The number of aromatic nitrogens is 1. The van der Waals surface area contributed by atoms with Gasteiger partial charge in [-0.1, -0.05) is 18.2 Å². The zero-order chi connectivity index (χ0) is 18.1. The molecule has 0 saturated carbocycles. The lowest BCUT2D eigenvalue weighted by Crippen LogP contribution is -2.37. The molecule has 0 atom stereocenters. The minimum Gasteiger partial charge on any atom is -0.357 e. The fourth-order valence-electron chi connectivity index (χ4n) is 2.08. The fraction of sp³-hybridized carbons (Fsp3) is 0.294. The molecular formula is C17H23N5O2S.